The quantitative estimate of drug-likeness (QED) is 0.300. The van der Waals surface area contributed by atoms with Crippen LogP contribution >= 0.6 is 0 Å². The van der Waals surface area contributed by atoms with Crippen LogP contribution in [0.1, 0.15) is 53.5 Å². The number of benzene rings is 1. The third kappa shape index (κ3) is 17.1. The summed E-state index contributed by atoms with van der Waals surface area (Å²) in [7, 11) is 0. The molecule has 10 heteroatoms. The maximum atomic E-state index is 11.9. The summed E-state index contributed by atoms with van der Waals surface area (Å²) in [5.41, 5.74) is -0.215. The maximum Gasteiger partial charge on any atom is 0.407 e. The summed E-state index contributed by atoms with van der Waals surface area (Å²) in [4.78, 5) is 37.8. The first-order valence-electron chi connectivity index (χ1n) is 11.9. The van der Waals surface area contributed by atoms with Gasteiger partial charge in [0.05, 0.1) is 0 Å². The Labute approximate surface area is 209 Å². The van der Waals surface area contributed by atoms with Crippen LogP contribution in [0, 0.1) is 0 Å². The SMILES string of the molecule is CC(C)(C)OC(=O)NCCN(CCCNC(=O)OCc1ccccc1)CCNC(=O)OC(C)(C)C. The van der Waals surface area contributed by atoms with Crippen molar-refractivity contribution in [3.8, 4) is 0 Å². The van der Waals surface area contributed by atoms with Crippen LogP contribution in [-0.2, 0) is 20.8 Å². The fourth-order valence-corrected chi connectivity index (χ4v) is 2.86. The Morgan fingerprint density at radius 3 is 1.69 bits per heavy atom. The molecule has 0 aromatic heterocycles. The molecule has 1 aromatic carbocycles. The molecule has 0 unspecified atom stereocenters. The zero-order valence-electron chi connectivity index (χ0n) is 21.9. The van der Waals surface area contributed by atoms with Crippen LogP contribution in [0.3, 0.4) is 0 Å². The summed E-state index contributed by atoms with van der Waals surface area (Å²) in [6.45, 7) is 14.0. The number of nitrogens with zero attached hydrogens (tertiary/aromatic N) is 1. The molecule has 0 saturated carbocycles. The Balaban J connectivity index is 2.40. The highest BCUT2D eigenvalue weighted by molar-refractivity contribution is 5.68. The predicted octanol–water partition coefficient (Wildman–Crippen LogP) is 3.65. The number of rotatable bonds is 12. The molecule has 35 heavy (non-hydrogen) atoms. The van der Waals surface area contributed by atoms with E-state index in [1.54, 1.807) is 41.5 Å². The van der Waals surface area contributed by atoms with Gasteiger partial charge in [-0.25, -0.2) is 14.4 Å². The third-order valence-electron chi connectivity index (χ3n) is 4.33. The van der Waals surface area contributed by atoms with Gasteiger partial charge in [0.1, 0.15) is 17.8 Å². The number of ether oxygens (including phenoxy) is 3. The number of hydrogen-bond donors (Lipinski definition) is 3. The molecule has 3 N–H and O–H groups in total. The molecule has 0 radical (unpaired) electrons. The van der Waals surface area contributed by atoms with Crippen LogP contribution in [0.4, 0.5) is 14.4 Å². The first-order valence-corrected chi connectivity index (χ1v) is 11.9. The lowest BCUT2D eigenvalue weighted by Crippen LogP contribution is -2.42. The number of nitrogens with one attached hydrogen (secondary N) is 3. The molecule has 0 aliphatic carbocycles. The van der Waals surface area contributed by atoms with Gasteiger partial charge in [-0.3, -0.25) is 4.90 Å². The van der Waals surface area contributed by atoms with E-state index in [-0.39, 0.29) is 6.61 Å². The van der Waals surface area contributed by atoms with Crippen LogP contribution in [0.15, 0.2) is 30.3 Å². The van der Waals surface area contributed by atoms with E-state index in [2.05, 4.69) is 20.9 Å². The minimum absolute atomic E-state index is 0.214. The van der Waals surface area contributed by atoms with Gasteiger partial charge in [-0.05, 0) is 60.1 Å². The third-order valence-corrected chi connectivity index (χ3v) is 4.33. The maximum absolute atomic E-state index is 11.9. The molecular formula is C25H42N4O6. The Morgan fingerprint density at radius 2 is 1.20 bits per heavy atom. The molecule has 198 valence electrons. The highest BCUT2D eigenvalue weighted by atomic mass is 16.6. The molecule has 0 bridgehead atoms. The van der Waals surface area contributed by atoms with Gasteiger partial charge in [0.2, 0.25) is 0 Å². The second-order valence-electron chi connectivity index (χ2n) is 10.0. The largest absolute Gasteiger partial charge is 0.445 e. The lowest BCUT2D eigenvalue weighted by molar-refractivity contribution is 0.0520. The number of alkyl carbamates (subject to hydrolysis) is 3. The topological polar surface area (TPSA) is 118 Å². The average molecular weight is 495 g/mol. The fourth-order valence-electron chi connectivity index (χ4n) is 2.86. The number of carbonyl (C=O) groups is 3. The molecule has 3 amide bonds. The van der Waals surface area contributed by atoms with E-state index in [1.165, 1.54) is 0 Å². The van der Waals surface area contributed by atoms with Gasteiger partial charge < -0.3 is 30.2 Å². The van der Waals surface area contributed by atoms with Crippen LogP contribution < -0.4 is 16.0 Å². The number of amides is 3. The van der Waals surface area contributed by atoms with E-state index in [4.69, 9.17) is 14.2 Å². The van der Waals surface area contributed by atoms with Crippen LogP contribution in [-0.4, -0.2) is 73.7 Å². The van der Waals surface area contributed by atoms with E-state index in [9.17, 15) is 14.4 Å². The minimum atomic E-state index is -0.568. The van der Waals surface area contributed by atoms with Gasteiger partial charge in [-0.15, -0.1) is 0 Å². The number of carbonyl (C=O) groups excluding carboxylic acids is 3. The van der Waals surface area contributed by atoms with Crippen LogP contribution in [0.25, 0.3) is 0 Å². The van der Waals surface area contributed by atoms with Gasteiger partial charge in [0.15, 0.2) is 0 Å². The fraction of sp³-hybridized carbons (Fsp3) is 0.640. The van der Waals surface area contributed by atoms with Gasteiger partial charge in [0.25, 0.3) is 0 Å². The highest BCUT2D eigenvalue weighted by Crippen LogP contribution is 2.07. The standard InChI is InChI=1S/C25H42N4O6/c1-24(2,3)34-22(31)27-14-17-29(18-15-28-23(32)35-25(4,5)6)16-10-13-26-21(30)33-19-20-11-8-7-9-12-20/h7-9,11-12H,10,13-19H2,1-6H3,(H,26,30)(H,27,31)(H,28,32). The molecule has 0 atom stereocenters. The van der Waals surface area contributed by atoms with E-state index in [1.807, 2.05) is 30.3 Å². The molecule has 0 heterocycles. The van der Waals surface area contributed by atoms with Gasteiger partial charge in [-0.1, -0.05) is 30.3 Å². The molecule has 0 spiro atoms. The zero-order valence-corrected chi connectivity index (χ0v) is 21.9. The number of hydrogen-bond acceptors (Lipinski definition) is 7. The Hall–Kier alpha value is -3.01. The summed E-state index contributed by atoms with van der Waals surface area (Å²) in [5, 5.41) is 8.21. The van der Waals surface area contributed by atoms with Gasteiger partial charge >= 0.3 is 18.3 Å². The summed E-state index contributed by atoms with van der Waals surface area (Å²) >= 11 is 0. The first kappa shape index (κ1) is 30.0. The van der Waals surface area contributed by atoms with Gasteiger partial charge in [-0.2, -0.15) is 0 Å². The minimum Gasteiger partial charge on any atom is -0.445 e. The van der Waals surface area contributed by atoms with Crippen LogP contribution in [0.5, 0.6) is 0 Å². The van der Waals surface area contributed by atoms with Crippen molar-refractivity contribution in [1.29, 1.82) is 0 Å². The summed E-state index contributed by atoms with van der Waals surface area (Å²) < 4.78 is 15.7. The van der Waals surface area contributed by atoms with E-state index < -0.39 is 29.5 Å². The Bertz CT molecular complexity index is 740. The van der Waals surface area contributed by atoms with E-state index in [0.29, 0.717) is 45.7 Å². The molecule has 10 nitrogen and oxygen atoms in total. The highest BCUT2D eigenvalue weighted by Gasteiger charge is 2.17. The zero-order chi connectivity index (χ0) is 26.3. The molecular weight excluding hydrogens is 452 g/mol. The molecule has 0 aliphatic heterocycles. The van der Waals surface area contributed by atoms with Gasteiger partial charge in [0, 0.05) is 32.7 Å². The molecule has 1 rings (SSSR count). The lowest BCUT2D eigenvalue weighted by Gasteiger charge is -2.24. The van der Waals surface area contributed by atoms with E-state index >= 15 is 0 Å². The smallest absolute Gasteiger partial charge is 0.407 e. The molecule has 0 fully saturated rings. The monoisotopic (exact) mass is 494 g/mol. The van der Waals surface area contributed by atoms with Crippen molar-refractivity contribution in [3.63, 3.8) is 0 Å². The second kappa shape index (κ2) is 15.1. The van der Waals surface area contributed by atoms with Crippen molar-refractivity contribution < 1.29 is 28.6 Å². The Morgan fingerprint density at radius 1 is 0.714 bits per heavy atom. The van der Waals surface area contributed by atoms with Crippen molar-refractivity contribution in [3.05, 3.63) is 35.9 Å². The summed E-state index contributed by atoms with van der Waals surface area (Å²) in [5.74, 6) is 0. The van der Waals surface area contributed by atoms with Crippen molar-refractivity contribution >= 4 is 18.3 Å². The first-order chi connectivity index (χ1) is 16.3. The van der Waals surface area contributed by atoms with Crippen molar-refractivity contribution in [2.75, 3.05) is 39.3 Å². The summed E-state index contributed by atoms with van der Waals surface area (Å²) in [6, 6.07) is 9.46. The van der Waals surface area contributed by atoms with Crippen molar-refractivity contribution in [2.24, 2.45) is 0 Å². The average Bonchev–Trinajstić information content (AvgIpc) is 2.73. The molecule has 1 aromatic rings. The van der Waals surface area contributed by atoms with Crippen LogP contribution in [0.2, 0.25) is 0 Å². The van der Waals surface area contributed by atoms with Crippen molar-refractivity contribution in [2.45, 2.75) is 65.8 Å². The van der Waals surface area contributed by atoms with E-state index in [0.717, 1.165) is 5.56 Å². The Kier molecular flexibility index (Phi) is 12.9. The second-order valence-corrected chi connectivity index (χ2v) is 10.0. The van der Waals surface area contributed by atoms with Crippen molar-refractivity contribution in [1.82, 2.24) is 20.9 Å². The summed E-state index contributed by atoms with van der Waals surface area (Å²) in [6.07, 6.45) is -0.767. The molecule has 0 saturated heterocycles. The normalized spacial score (nSPS) is 11.5. The predicted molar refractivity (Wildman–Crippen MR) is 134 cm³/mol. The molecule has 0 aliphatic rings. The lowest BCUT2D eigenvalue weighted by atomic mass is 10.2.